The first-order valence-corrected chi connectivity index (χ1v) is 4.83. The highest BCUT2D eigenvalue weighted by Gasteiger charge is 2.35. The van der Waals surface area contributed by atoms with Crippen LogP contribution in [-0.2, 0) is 6.18 Å². The number of pyridine rings is 1. The molecule has 1 aliphatic rings. The minimum atomic E-state index is -4.54. The van der Waals surface area contributed by atoms with Gasteiger partial charge in [0.15, 0.2) is 0 Å². The largest absolute Gasteiger partial charge is 0.433 e. The molecule has 0 amide bonds. The first kappa shape index (κ1) is 11.7. The van der Waals surface area contributed by atoms with E-state index < -0.39 is 18.0 Å². The number of rotatable bonds is 1. The van der Waals surface area contributed by atoms with Crippen LogP contribution in [0.5, 0.6) is 0 Å². The molecule has 1 aromatic rings. The molecule has 0 atom stereocenters. The van der Waals surface area contributed by atoms with Gasteiger partial charge in [0.05, 0.1) is 11.7 Å². The van der Waals surface area contributed by atoms with Crippen molar-refractivity contribution in [3.05, 3.63) is 23.4 Å². The number of aliphatic hydroxyl groups excluding tert-OH is 1. The average Bonchev–Trinajstić information content (AvgIpc) is 2.22. The molecule has 1 aromatic heterocycles. The van der Waals surface area contributed by atoms with Crippen molar-refractivity contribution in [2.45, 2.75) is 12.3 Å². The van der Waals surface area contributed by atoms with E-state index >= 15 is 0 Å². The van der Waals surface area contributed by atoms with Gasteiger partial charge in [0.25, 0.3) is 0 Å². The maximum absolute atomic E-state index is 12.5. The third kappa shape index (κ3) is 2.17. The molecule has 0 aliphatic carbocycles. The molecule has 2 heterocycles. The Kier molecular flexibility index (Phi) is 2.67. The number of hydrogen-bond donors (Lipinski definition) is 1. The summed E-state index contributed by atoms with van der Waals surface area (Å²) in [4.78, 5) is 4.88. The molecule has 17 heavy (non-hydrogen) atoms. The van der Waals surface area contributed by atoms with E-state index in [1.807, 2.05) is 0 Å². The summed E-state index contributed by atoms with van der Waals surface area (Å²) in [7, 11) is 0. The van der Waals surface area contributed by atoms with Gasteiger partial charge < -0.3 is 10.0 Å². The van der Waals surface area contributed by atoms with E-state index in [2.05, 4.69) is 4.98 Å². The maximum atomic E-state index is 12.5. The molecule has 0 bridgehead atoms. The van der Waals surface area contributed by atoms with E-state index in [1.165, 1.54) is 4.90 Å². The number of nitriles is 1. The van der Waals surface area contributed by atoms with Crippen LogP contribution in [0.1, 0.15) is 11.3 Å². The van der Waals surface area contributed by atoms with E-state index in [0.29, 0.717) is 0 Å². The summed E-state index contributed by atoms with van der Waals surface area (Å²) < 4.78 is 37.4. The fraction of sp³-hybridized carbons (Fsp3) is 0.400. The number of aromatic nitrogens is 1. The van der Waals surface area contributed by atoms with Crippen LogP contribution < -0.4 is 4.90 Å². The molecular formula is C10H8F3N3O. The number of aliphatic hydroxyl groups is 1. The maximum Gasteiger partial charge on any atom is 0.433 e. The van der Waals surface area contributed by atoms with E-state index in [-0.39, 0.29) is 24.5 Å². The minimum Gasteiger partial charge on any atom is -0.389 e. The van der Waals surface area contributed by atoms with Crippen molar-refractivity contribution in [1.82, 2.24) is 4.98 Å². The topological polar surface area (TPSA) is 60.2 Å². The number of β-amino-alcohol motifs (C(OH)–C–C–N with tert-alkyl or cyclic N) is 1. The average molecular weight is 243 g/mol. The molecule has 1 fully saturated rings. The number of hydrogen-bond acceptors (Lipinski definition) is 4. The molecule has 0 radical (unpaired) electrons. The first-order valence-electron chi connectivity index (χ1n) is 4.83. The summed E-state index contributed by atoms with van der Waals surface area (Å²) in [6.07, 6.45) is -5.11. The van der Waals surface area contributed by atoms with Gasteiger partial charge in [0.1, 0.15) is 17.6 Å². The quantitative estimate of drug-likeness (QED) is 0.803. The van der Waals surface area contributed by atoms with Gasteiger partial charge >= 0.3 is 6.18 Å². The fourth-order valence-corrected chi connectivity index (χ4v) is 1.56. The van der Waals surface area contributed by atoms with Gasteiger partial charge in [-0.25, -0.2) is 4.98 Å². The van der Waals surface area contributed by atoms with Gasteiger partial charge in [-0.15, -0.1) is 0 Å². The Hall–Kier alpha value is -1.81. The lowest BCUT2D eigenvalue weighted by atomic mass is 10.1. The summed E-state index contributed by atoms with van der Waals surface area (Å²) in [6.45, 7) is 0.395. The third-order valence-corrected chi connectivity index (χ3v) is 2.45. The molecule has 1 aliphatic heterocycles. The Labute approximate surface area is 94.9 Å². The monoisotopic (exact) mass is 243 g/mol. The molecular weight excluding hydrogens is 235 g/mol. The van der Waals surface area contributed by atoms with Crippen molar-refractivity contribution >= 4 is 5.82 Å². The molecule has 90 valence electrons. The Balaban J connectivity index is 2.38. The summed E-state index contributed by atoms with van der Waals surface area (Å²) in [5.74, 6) is -0.0207. The summed E-state index contributed by atoms with van der Waals surface area (Å²) in [5.41, 5.74) is -0.960. The van der Waals surface area contributed by atoms with Crippen LogP contribution in [-0.4, -0.2) is 29.3 Å². The smallest absolute Gasteiger partial charge is 0.389 e. The summed E-state index contributed by atoms with van der Waals surface area (Å²) in [6, 6.07) is 3.65. The second-order valence-corrected chi connectivity index (χ2v) is 3.74. The van der Waals surface area contributed by atoms with Crippen LogP contribution >= 0.6 is 0 Å². The van der Waals surface area contributed by atoms with Crippen molar-refractivity contribution in [2.75, 3.05) is 18.0 Å². The standard InChI is InChI=1S/C10H8F3N3O/c11-10(12,13)8-2-1-6(3-14)9(15-8)16-4-7(17)5-16/h1-2,7,17H,4-5H2. The van der Waals surface area contributed by atoms with E-state index in [1.54, 1.807) is 6.07 Å². The van der Waals surface area contributed by atoms with Crippen molar-refractivity contribution < 1.29 is 18.3 Å². The Morgan fingerprint density at radius 3 is 2.53 bits per heavy atom. The van der Waals surface area contributed by atoms with E-state index in [0.717, 1.165) is 12.1 Å². The highest BCUT2D eigenvalue weighted by atomic mass is 19.4. The minimum absolute atomic E-state index is 0.0207. The van der Waals surface area contributed by atoms with Crippen LogP contribution in [0.2, 0.25) is 0 Å². The molecule has 0 saturated carbocycles. The van der Waals surface area contributed by atoms with E-state index in [4.69, 9.17) is 10.4 Å². The molecule has 4 nitrogen and oxygen atoms in total. The lowest BCUT2D eigenvalue weighted by Crippen LogP contribution is -2.51. The van der Waals surface area contributed by atoms with Crippen LogP contribution in [0.3, 0.4) is 0 Å². The van der Waals surface area contributed by atoms with Crippen LogP contribution in [0.15, 0.2) is 12.1 Å². The molecule has 2 rings (SSSR count). The van der Waals surface area contributed by atoms with Gasteiger partial charge in [-0.1, -0.05) is 0 Å². The molecule has 1 N–H and O–H groups in total. The molecule has 0 spiro atoms. The Morgan fingerprint density at radius 1 is 1.41 bits per heavy atom. The second kappa shape index (κ2) is 3.89. The van der Waals surface area contributed by atoms with Gasteiger partial charge in [0.2, 0.25) is 0 Å². The van der Waals surface area contributed by atoms with Gasteiger partial charge in [-0.2, -0.15) is 18.4 Å². The lowest BCUT2D eigenvalue weighted by Gasteiger charge is -2.37. The third-order valence-electron chi connectivity index (χ3n) is 2.45. The number of alkyl halides is 3. The van der Waals surface area contributed by atoms with Crippen LogP contribution in [0.4, 0.5) is 19.0 Å². The highest BCUT2D eigenvalue weighted by molar-refractivity contribution is 5.56. The predicted molar refractivity (Wildman–Crippen MR) is 52.2 cm³/mol. The second-order valence-electron chi connectivity index (χ2n) is 3.74. The lowest BCUT2D eigenvalue weighted by molar-refractivity contribution is -0.141. The van der Waals surface area contributed by atoms with Crippen molar-refractivity contribution in [3.63, 3.8) is 0 Å². The van der Waals surface area contributed by atoms with Crippen LogP contribution in [0, 0.1) is 11.3 Å². The fourth-order valence-electron chi connectivity index (χ4n) is 1.56. The number of anilines is 1. The molecule has 7 heteroatoms. The highest BCUT2D eigenvalue weighted by Crippen LogP contribution is 2.31. The van der Waals surface area contributed by atoms with Crippen molar-refractivity contribution in [2.24, 2.45) is 0 Å². The SMILES string of the molecule is N#Cc1ccc(C(F)(F)F)nc1N1CC(O)C1. The van der Waals surface area contributed by atoms with Gasteiger partial charge in [0, 0.05) is 13.1 Å². The number of halogens is 3. The predicted octanol–water partition coefficient (Wildman–Crippen LogP) is 1.15. The van der Waals surface area contributed by atoms with Crippen molar-refractivity contribution in [3.8, 4) is 6.07 Å². The van der Waals surface area contributed by atoms with Gasteiger partial charge in [-0.3, -0.25) is 0 Å². The Bertz CT molecular complexity index is 475. The Morgan fingerprint density at radius 2 is 2.06 bits per heavy atom. The van der Waals surface area contributed by atoms with Crippen LogP contribution in [0.25, 0.3) is 0 Å². The molecule has 1 saturated heterocycles. The van der Waals surface area contributed by atoms with Crippen molar-refractivity contribution in [1.29, 1.82) is 5.26 Å². The zero-order chi connectivity index (χ0) is 12.6. The zero-order valence-corrected chi connectivity index (χ0v) is 8.57. The van der Waals surface area contributed by atoms with E-state index in [9.17, 15) is 13.2 Å². The summed E-state index contributed by atoms with van der Waals surface area (Å²) in [5, 5.41) is 17.9. The first-order chi connectivity index (χ1) is 7.91. The molecule has 0 unspecified atom stereocenters. The number of nitrogens with zero attached hydrogens (tertiary/aromatic N) is 3. The molecule has 0 aromatic carbocycles. The summed E-state index contributed by atoms with van der Waals surface area (Å²) >= 11 is 0. The zero-order valence-electron chi connectivity index (χ0n) is 8.57. The normalized spacial score (nSPS) is 16.5. The van der Waals surface area contributed by atoms with Gasteiger partial charge in [-0.05, 0) is 12.1 Å².